The van der Waals surface area contributed by atoms with Crippen LogP contribution in [0.25, 0.3) is 0 Å². The summed E-state index contributed by atoms with van der Waals surface area (Å²) < 4.78 is 0. The number of carbonyl (C=O) groups excluding carboxylic acids is 2. The first-order valence-corrected chi connectivity index (χ1v) is 6.50. The van der Waals surface area contributed by atoms with Crippen molar-refractivity contribution in [2.45, 2.75) is 20.4 Å². The van der Waals surface area contributed by atoms with Crippen LogP contribution in [0.5, 0.6) is 0 Å². The Labute approximate surface area is 114 Å². The summed E-state index contributed by atoms with van der Waals surface area (Å²) in [6.07, 6.45) is 0. The molecule has 0 unspecified atom stereocenters. The number of urea groups is 1. The van der Waals surface area contributed by atoms with Crippen LogP contribution in [0.4, 0.5) is 4.79 Å². The fraction of sp³-hybridized carbons (Fsp3) is 0.429. The molecular formula is C14H21N3O2. The van der Waals surface area contributed by atoms with Gasteiger partial charge in [0.05, 0.1) is 6.54 Å². The Kier molecular flexibility index (Phi) is 6.43. The van der Waals surface area contributed by atoms with Gasteiger partial charge in [-0.15, -0.1) is 0 Å². The Hall–Kier alpha value is -2.04. The van der Waals surface area contributed by atoms with E-state index in [1.165, 1.54) is 0 Å². The minimum atomic E-state index is -0.329. The number of nitrogens with one attached hydrogen (secondary N) is 2. The molecule has 1 rings (SSSR count). The quantitative estimate of drug-likeness (QED) is 0.814. The van der Waals surface area contributed by atoms with Gasteiger partial charge < -0.3 is 15.5 Å². The molecule has 0 aliphatic heterocycles. The van der Waals surface area contributed by atoms with Gasteiger partial charge in [0.25, 0.3) is 0 Å². The van der Waals surface area contributed by atoms with E-state index in [0.717, 1.165) is 5.56 Å². The van der Waals surface area contributed by atoms with Gasteiger partial charge in [0.15, 0.2) is 0 Å². The van der Waals surface area contributed by atoms with Gasteiger partial charge in [0.1, 0.15) is 0 Å². The van der Waals surface area contributed by atoms with Crippen LogP contribution in [0.15, 0.2) is 30.3 Å². The third-order valence-corrected chi connectivity index (χ3v) is 2.81. The van der Waals surface area contributed by atoms with Gasteiger partial charge in [0.2, 0.25) is 5.91 Å². The molecule has 1 aromatic rings. The second kappa shape index (κ2) is 8.13. The Morgan fingerprint density at radius 3 is 2.26 bits per heavy atom. The first-order valence-electron chi connectivity index (χ1n) is 6.50. The molecule has 5 heteroatoms. The van der Waals surface area contributed by atoms with E-state index in [1.54, 1.807) is 4.90 Å². The smallest absolute Gasteiger partial charge is 0.315 e. The second-order valence-electron chi connectivity index (χ2n) is 4.09. The molecular weight excluding hydrogens is 242 g/mol. The lowest BCUT2D eigenvalue weighted by molar-refractivity contribution is -0.129. The van der Waals surface area contributed by atoms with Crippen LogP contribution in [-0.2, 0) is 11.3 Å². The highest BCUT2D eigenvalue weighted by atomic mass is 16.2. The van der Waals surface area contributed by atoms with Crippen molar-refractivity contribution in [2.75, 3.05) is 19.6 Å². The highest BCUT2D eigenvalue weighted by Crippen LogP contribution is 1.96. The molecule has 0 aromatic heterocycles. The van der Waals surface area contributed by atoms with Crippen molar-refractivity contribution in [1.29, 1.82) is 0 Å². The third-order valence-electron chi connectivity index (χ3n) is 2.81. The van der Waals surface area contributed by atoms with E-state index in [4.69, 9.17) is 0 Å². The Bertz CT molecular complexity index is 402. The largest absolute Gasteiger partial charge is 0.342 e. The maximum Gasteiger partial charge on any atom is 0.315 e. The molecule has 0 saturated carbocycles. The highest BCUT2D eigenvalue weighted by molar-refractivity contribution is 5.83. The lowest BCUT2D eigenvalue weighted by atomic mass is 10.2. The standard InChI is InChI=1S/C14H21N3O2/c1-3-17(4-2)13(18)11-16-14(19)15-10-12-8-6-5-7-9-12/h5-9H,3-4,10-11H2,1-2H3,(H2,15,16,19). The number of nitrogens with zero attached hydrogens (tertiary/aromatic N) is 1. The van der Waals surface area contributed by atoms with Crippen LogP contribution >= 0.6 is 0 Å². The molecule has 1 aromatic carbocycles. The van der Waals surface area contributed by atoms with Crippen molar-refractivity contribution < 1.29 is 9.59 Å². The minimum Gasteiger partial charge on any atom is -0.342 e. The first-order chi connectivity index (χ1) is 9.17. The molecule has 5 nitrogen and oxygen atoms in total. The van der Waals surface area contributed by atoms with E-state index in [2.05, 4.69) is 10.6 Å². The summed E-state index contributed by atoms with van der Waals surface area (Å²) in [5.74, 6) is -0.0696. The number of benzene rings is 1. The molecule has 0 aliphatic rings. The van der Waals surface area contributed by atoms with E-state index in [9.17, 15) is 9.59 Å². The predicted molar refractivity (Wildman–Crippen MR) is 74.6 cm³/mol. The average molecular weight is 263 g/mol. The molecule has 3 amide bonds. The topological polar surface area (TPSA) is 61.4 Å². The number of rotatable bonds is 6. The fourth-order valence-electron chi connectivity index (χ4n) is 1.68. The van der Waals surface area contributed by atoms with E-state index < -0.39 is 0 Å². The Morgan fingerprint density at radius 1 is 1.05 bits per heavy atom. The van der Waals surface area contributed by atoms with Crippen molar-refractivity contribution in [3.8, 4) is 0 Å². The summed E-state index contributed by atoms with van der Waals surface area (Å²) in [6, 6.07) is 9.29. The second-order valence-corrected chi connectivity index (χ2v) is 4.09. The molecule has 19 heavy (non-hydrogen) atoms. The van der Waals surface area contributed by atoms with Gasteiger partial charge in [-0.05, 0) is 19.4 Å². The summed E-state index contributed by atoms with van der Waals surface area (Å²) in [4.78, 5) is 24.9. The molecule has 0 bridgehead atoms. The van der Waals surface area contributed by atoms with Crippen molar-refractivity contribution in [1.82, 2.24) is 15.5 Å². The van der Waals surface area contributed by atoms with Gasteiger partial charge in [-0.25, -0.2) is 4.79 Å². The van der Waals surface area contributed by atoms with E-state index in [-0.39, 0.29) is 18.5 Å². The lowest BCUT2D eigenvalue weighted by Crippen LogP contribution is -2.43. The molecule has 104 valence electrons. The molecule has 0 aliphatic carbocycles. The summed E-state index contributed by atoms with van der Waals surface area (Å²) in [5, 5.41) is 5.27. The van der Waals surface area contributed by atoms with E-state index in [0.29, 0.717) is 19.6 Å². The number of likely N-dealkylation sites (N-methyl/N-ethyl adjacent to an activating group) is 1. The third kappa shape index (κ3) is 5.42. The van der Waals surface area contributed by atoms with Crippen LogP contribution in [0.1, 0.15) is 19.4 Å². The maximum absolute atomic E-state index is 11.7. The van der Waals surface area contributed by atoms with Crippen LogP contribution in [0, 0.1) is 0 Å². The Morgan fingerprint density at radius 2 is 1.68 bits per heavy atom. The van der Waals surface area contributed by atoms with E-state index in [1.807, 2.05) is 44.2 Å². The van der Waals surface area contributed by atoms with Crippen molar-refractivity contribution in [3.05, 3.63) is 35.9 Å². The van der Waals surface area contributed by atoms with Crippen LogP contribution in [0.3, 0.4) is 0 Å². The molecule has 0 radical (unpaired) electrons. The summed E-state index contributed by atoms with van der Waals surface area (Å²) in [5.41, 5.74) is 1.02. The molecule has 0 spiro atoms. The summed E-state index contributed by atoms with van der Waals surface area (Å²) >= 11 is 0. The zero-order valence-electron chi connectivity index (χ0n) is 11.5. The first kappa shape index (κ1) is 15.0. The van der Waals surface area contributed by atoms with Crippen LogP contribution in [-0.4, -0.2) is 36.5 Å². The number of carbonyl (C=O) groups is 2. The molecule has 0 fully saturated rings. The molecule has 0 heterocycles. The summed E-state index contributed by atoms with van der Waals surface area (Å²) in [6.45, 7) is 5.62. The minimum absolute atomic E-state index is 0.0301. The van der Waals surface area contributed by atoms with Gasteiger partial charge in [-0.1, -0.05) is 30.3 Å². The van der Waals surface area contributed by atoms with Gasteiger partial charge in [-0.3, -0.25) is 4.79 Å². The fourth-order valence-corrected chi connectivity index (χ4v) is 1.68. The van der Waals surface area contributed by atoms with Crippen molar-refractivity contribution in [3.63, 3.8) is 0 Å². The molecule has 0 saturated heterocycles. The monoisotopic (exact) mass is 263 g/mol. The van der Waals surface area contributed by atoms with Crippen LogP contribution < -0.4 is 10.6 Å². The van der Waals surface area contributed by atoms with Gasteiger partial charge >= 0.3 is 6.03 Å². The maximum atomic E-state index is 11.7. The van der Waals surface area contributed by atoms with Gasteiger partial charge in [0, 0.05) is 19.6 Å². The van der Waals surface area contributed by atoms with E-state index >= 15 is 0 Å². The van der Waals surface area contributed by atoms with Crippen LogP contribution in [0.2, 0.25) is 0 Å². The summed E-state index contributed by atoms with van der Waals surface area (Å²) in [7, 11) is 0. The highest BCUT2D eigenvalue weighted by Gasteiger charge is 2.10. The normalized spacial score (nSPS) is 9.79. The molecule has 2 N–H and O–H groups in total. The number of hydrogen-bond acceptors (Lipinski definition) is 2. The Balaban J connectivity index is 2.26. The number of amides is 3. The average Bonchev–Trinajstić information content (AvgIpc) is 2.45. The number of hydrogen-bond donors (Lipinski definition) is 2. The zero-order valence-corrected chi connectivity index (χ0v) is 11.5. The van der Waals surface area contributed by atoms with Gasteiger partial charge in [-0.2, -0.15) is 0 Å². The van der Waals surface area contributed by atoms with Crippen molar-refractivity contribution >= 4 is 11.9 Å². The zero-order chi connectivity index (χ0) is 14.1. The predicted octanol–water partition coefficient (Wildman–Crippen LogP) is 1.35. The lowest BCUT2D eigenvalue weighted by Gasteiger charge is -2.18. The molecule has 0 atom stereocenters. The van der Waals surface area contributed by atoms with Crippen molar-refractivity contribution in [2.24, 2.45) is 0 Å². The SMILES string of the molecule is CCN(CC)C(=O)CNC(=O)NCc1ccccc1.